The number of halogens is 1. The van der Waals surface area contributed by atoms with E-state index in [4.69, 9.17) is 16.9 Å². The van der Waals surface area contributed by atoms with Crippen LogP contribution in [0.3, 0.4) is 0 Å². The standard InChI is InChI=1S/C16H15ClN2O/c1-19(10-13-7-5-12(9-18)6-8-13)11-14-3-2-4-15(20)16(14)17/h2-8,20H,10-11H2,1H3. The number of hydrogen-bond acceptors (Lipinski definition) is 3. The maximum absolute atomic E-state index is 9.58. The van der Waals surface area contributed by atoms with Gasteiger partial charge in [-0.1, -0.05) is 35.9 Å². The van der Waals surface area contributed by atoms with Gasteiger partial charge in [0.2, 0.25) is 0 Å². The molecule has 0 bridgehead atoms. The van der Waals surface area contributed by atoms with Gasteiger partial charge in [0.15, 0.2) is 0 Å². The average Bonchev–Trinajstić information content (AvgIpc) is 2.45. The molecule has 4 heteroatoms. The van der Waals surface area contributed by atoms with Crippen LogP contribution in [-0.2, 0) is 13.1 Å². The highest BCUT2D eigenvalue weighted by Crippen LogP contribution is 2.27. The third kappa shape index (κ3) is 3.51. The smallest absolute Gasteiger partial charge is 0.134 e. The highest BCUT2D eigenvalue weighted by atomic mass is 35.5. The van der Waals surface area contributed by atoms with Crippen molar-refractivity contribution in [2.45, 2.75) is 13.1 Å². The van der Waals surface area contributed by atoms with Gasteiger partial charge in [0.25, 0.3) is 0 Å². The van der Waals surface area contributed by atoms with E-state index in [1.165, 1.54) is 0 Å². The first kappa shape index (κ1) is 14.4. The molecule has 0 heterocycles. The van der Waals surface area contributed by atoms with Crippen LogP contribution in [0.1, 0.15) is 16.7 Å². The van der Waals surface area contributed by atoms with E-state index < -0.39 is 0 Å². The third-order valence-corrected chi connectivity index (χ3v) is 3.47. The molecule has 0 saturated carbocycles. The number of benzene rings is 2. The third-order valence-electron chi connectivity index (χ3n) is 3.03. The Kier molecular flexibility index (Phi) is 4.62. The monoisotopic (exact) mass is 286 g/mol. The molecule has 0 amide bonds. The molecule has 0 spiro atoms. The van der Waals surface area contributed by atoms with Gasteiger partial charge in [0.05, 0.1) is 16.7 Å². The second-order valence-corrected chi connectivity index (χ2v) is 5.11. The van der Waals surface area contributed by atoms with Crippen LogP contribution in [0.15, 0.2) is 42.5 Å². The highest BCUT2D eigenvalue weighted by molar-refractivity contribution is 6.32. The van der Waals surface area contributed by atoms with Gasteiger partial charge < -0.3 is 5.11 Å². The first-order valence-electron chi connectivity index (χ1n) is 6.24. The molecule has 2 aromatic carbocycles. The molecule has 2 rings (SSSR count). The Morgan fingerprint density at radius 1 is 1.15 bits per heavy atom. The molecule has 0 saturated heterocycles. The Balaban J connectivity index is 2.03. The van der Waals surface area contributed by atoms with E-state index >= 15 is 0 Å². The summed E-state index contributed by atoms with van der Waals surface area (Å²) in [5.74, 6) is 0.107. The Morgan fingerprint density at radius 2 is 1.85 bits per heavy atom. The van der Waals surface area contributed by atoms with Crippen molar-refractivity contribution >= 4 is 11.6 Å². The number of aromatic hydroxyl groups is 1. The summed E-state index contributed by atoms with van der Waals surface area (Å²) in [6.45, 7) is 1.39. The normalized spacial score (nSPS) is 10.5. The van der Waals surface area contributed by atoms with Gasteiger partial charge in [-0.05, 0) is 36.4 Å². The lowest BCUT2D eigenvalue weighted by Gasteiger charge is -2.18. The maximum atomic E-state index is 9.58. The van der Waals surface area contributed by atoms with E-state index in [0.717, 1.165) is 17.7 Å². The van der Waals surface area contributed by atoms with Gasteiger partial charge in [0, 0.05) is 13.1 Å². The Labute approximate surface area is 123 Å². The minimum absolute atomic E-state index is 0.107. The summed E-state index contributed by atoms with van der Waals surface area (Å²) in [5, 5.41) is 18.7. The summed E-state index contributed by atoms with van der Waals surface area (Å²) >= 11 is 6.07. The van der Waals surface area contributed by atoms with E-state index in [1.54, 1.807) is 12.1 Å². The second kappa shape index (κ2) is 6.42. The second-order valence-electron chi connectivity index (χ2n) is 4.73. The molecule has 3 nitrogen and oxygen atoms in total. The van der Waals surface area contributed by atoms with Gasteiger partial charge >= 0.3 is 0 Å². The van der Waals surface area contributed by atoms with Crippen molar-refractivity contribution in [2.75, 3.05) is 7.05 Å². The number of rotatable bonds is 4. The molecule has 0 fully saturated rings. The number of phenolic OH excluding ortho intramolecular Hbond substituents is 1. The van der Waals surface area contributed by atoms with Crippen LogP contribution in [0.25, 0.3) is 0 Å². The first-order chi connectivity index (χ1) is 9.60. The topological polar surface area (TPSA) is 47.3 Å². The van der Waals surface area contributed by atoms with Crippen molar-refractivity contribution in [3.8, 4) is 11.8 Å². The molecule has 0 radical (unpaired) electrons. The predicted molar refractivity (Wildman–Crippen MR) is 79.4 cm³/mol. The fraction of sp³-hybridized carbons (Fsp3) is 0.188. The van der Waals surface area contributed by atoms with Crippen LogP contribution in [0.4, 0.5) is 0 Å². The molecule has 1 N–H and O–H groups in total. The van der Waals surface area contributed by atoms with Gasteiger partial charge in [-0.2, -0.15) is 5.26 Å². The number of phenols is 1. The van der Waals surface area contributed by atoms with Crippen LogP contribution in [0, 0.1) is 11.3 Å². The molecule has 0 aliphatic carbocycles. The summed E-state index contributed by atoms with van der Waals surface area (Å²) in [6.07, 6.45) is 0. The highest BCUT2D eigenvalue weighted by Gasteiger charge is 2.08. The zero-order valence-electron chi connectivity index (χ0n) is 11.2. The Hall–Kier alpha value is -2.02. The van der Waals surface area contributed by atoms with E-state index in [-0.39, 0.29) is 5.75 Å². The number of nitriles is 1. The summed E-state index contributed by atoms with van der Waals surface area (Å²) in [7, 11) is 1.98. The molecule has 102 valence electrons. The summed E-state index contributed by atoms with van der Waals surface area (Å²) in [4.78, 5) is 2.10. The minimum Gasteiger partial charge on any atom is -0.506 e. The van der Waals surface area contributed by atoms with Crippen molar-refractivity contribution in [3.05, 3.63) is 64.2 Å². The quantitative estimate of drug-likeness (QED) is 0.935. The van der Waals surface area contributed by atoms with Crippen LogP contribution in [0.2, 0.25) is 5.02 Å². The largest absolute Gasteiger partial charge is 0.506 e. The lowest BCUT2D eigenvalue weighted by atomic mass is 10.1. The fourth-order valence-corrected chi connectivity index (χ4v) is 2.22. The van der Waals surface area contributed by atoms with Crippen molar-refractivity contribution < 1.29 is 5.11 Å². The zero-order valence-corrected chi connectivity index (χ0v) is 11.9. The molecule has 0 unspecified atom stereocenters. The lowest BCUT2D eigenvalue weighted by molar-refractivity contribution is 0.318. The molecule has 20 heavy (non-hydrogen) atoms. The Morgan fingerprint density at radius 3 is 2.50 bits per heavy atom. The predicted octanol–water partition coefficient (Wildman–Crippen LogP) is 3.55. The molecular weight excluding hydrogens is 272 g/mol. The lowest BCUT2D eigenvalue weighted by Crippen LogP contribution is -2.17. The van der Waals surface area contributed by atoms with Gasteiger partial charge in [-0.15, -0.1) is 0 Å². The summed E-state index contributed by atoms with van der Waals surface area (Å²) in [6, 6.07) is 14.9. The fourth-order valence-electron chi connectivity index (χ4n) is 2.03. The van der Waals surface area contributed by atoms with Gasteiger partial charge in [-0.25, -0.2) is 0 Å². The molecule has 0 aliphatic heterocycles. The van der Waals surface area contributed by atoms with E-state index in [2.05, 4.69) is 11.0 Å². The molecular formula is C16H15ClN2O. The average molecular weight is 287 g/mol. The van der Waals surface area contributed by atoms with Gasteiger partial charge in [-0.3, -0.25) is 4.90 Å². The van der Waals surface area contributed by atoms with Crippen LogP contribution in [-0.4, -0.2) is 17.1 Å². The van der Waals surface area contributed by atoms with Crippen molar-refractivity contribution in [1.82, 2.24) is 4.90 Å². The molecule has 0 aromatic heterocycles. The van der Waals surface area contributed by atoms with Crippen LogP contribution >= 0.6 is 11.6 Å². The Bertz CT molecular complexity index is 632. The van der Waals surface area contributed by atoms with Gasteiger partial charge in [0.1, 0.15) is 5.75 Å². The molecule has 0 aliphatic rings. The number of nitrogens with zero attached hydrogens (tertiary/aromatic N) is 2. The van der Waals surface area contributed by atoms with Crippen LogP contribution in [0.5, 0.6) is 5.75 Å². The van der Waals surface area contributed by atoms with E-state index in [0.29, 0.717) is 17.1 Å². The van der Waals surface area contributed by atoms with E-state index in [1.807, 2.05) is 37.4 Å². The molecule has 2 aromatic rings. The van der Waals surface area contributed by atoms with Crippen molar-refractivity contribution in [3.63, 3.8) is 0 Å². The minimum atomic E-state index is 0.107. The summed E-state index contributed by atoms with van der Waals surface area (Å²) < 4.78 is 0. The molecule has 0 atom stereocenters. The van der Waals surface area contributed by atoms with Crippen molar-refractivity contribution in [1.29, 1.82) is 5.26 Å². The van der Waals surface area contributed by atoms with E-state index in [9.17, 15) is 5.11 Å². The number of hydrogen-bond donors (Lipinski definition) is 1. The SMILES string of the molecule is CN(Cc1ccc(C#N)cc1)Cc1cccc(O)c1Cl. The van der Waals surface area contributed by atoms with Crippen LogP contribution < -0.4 is 0 Å². The maximum Gasteiger partial charge on any atom is 0.134 e. The first-order valence-corrected chi connectivity index (χ1v) is 6.62. The van der Waals surface area contributed by atoms with Crippen molar-refractivity contribution in [2.24, 2.45) is 0 Å². The summed E-state index contributed by atoms with van der Waals surface area (Å²) in [5.41, 5.74) is 2.68. The zero-order chi connectivity index (χ0) is 14.5.